The first-order valence-corrected chi connectivity index (χ1v) is 7.06. The van der Waals surface area contributed by atoms with Crippen molar-refractivity contribution in [2.75, 3.05) is 20.1 Å². The maximum atomic E-state index is 12.4. The van der Waals surface area contributed by atoms with Gasteiger partial charge in [0.25, 0.3) is 0 Å². The lowest BCUT2D eigenvalue weighted by atomic mass is 9.76. The van der Waals surface area contributed by atoms with E-state index >= 15 is 0 Å². The van der Waals surface area contributed by atoms with E-state index in [1.165, 1.54) is 0 Å². The van der Waals surface area contributed by atoms with Crippen LogP contribution in [0.3, 0.4) is 0 Å². The third kappa shape index (κ3) is 3.35. The molecule has 3 heteroatoms. The van der Waals surface area contributed by atoms with Crippen molar-refractivity contribution in [3.8, 4) is 0 Å². The molecular weight excluding hydrogens is 238 g/mol. The molecule has 0 atom stereocenters. The zero-order valence-corrected chi connectivity index (χ0v) is 11.9. The fourth-order valence-electron chi connectivity index (χ4n) is 2.62. The average molecular weight is 261 g/mol. The Bertz CT molecular complexity index is 408. The fraction of sp³-hybridized carbons (Fsp3) is 0.562. The van der Waals surface area contributed by atoms with E-state index in [4.69, 9.17) is 4.74 Å². The molecule has 0 unspecified atom stereocenters. The monoisotopic (exact) mass is 261 g/mol. The largest absolute Gasteiger partial charge is 0.460 e. The van der Waals surface area contributed by atoms with E-state index < -0.39 is 0 Å². The molecule has 1 aromatic rings. The van der Waals surface area contributed by atoms with Gasteiger partial charge in [0.15, 0.2) is 0 Å². The molecular formula is C16H23NO2. The molecule has 3 nitrogen and oxygen atoms in total. The van der Waals surface area contributed by atoms with Gasteiger partial charge in [0.2, 0.25) is 0 Å². The number of likely N-dealkylation sites (tertiary alicyclic amines) is 1. The van der Waals surface area contributed by atoms with Crippen LogP contribution < -0.4 is 0 Å². The second-order valence-corrected chi connectivity index (χ2v) is 5.50. The van der Waals surface area contributed by atoms with Gasteiger partial charge in [-0.2, -0.15) is 0 Å². The van der Waals surface area contributed by atoms with Crippen LogP contribution in [-0.2, 0) is 16.1 Å². The molecule has 0 bridgehead atoms. The summed E-state index contributed by atoms with van der Waals surface area (Å²) in [6, 6.07) is 9.87. The predicted octanol–water partition coefficient (Wildman–Crippen LogP) is 2.85. The SMILES string of the molecule is CCC1(C(=O)OCc2ccccc2)CCN(C)CC1. The lowest BCUT2D eigenvalue weighted by Crippen LogP contribution is -2.43. The van der Waals surface area contributed by atoms with E-state index in [1.54, 1.807) is 0 Å². The van der Waals surface area contributed by atoms with Crippen LogP contribution in [0.25, 0.3) is 0 Å². The van der Waals surface area contributed by atoms with Crippen LogP contribution in [-0.4, -0.2) is 31.0 Å². The summed E-state index contributed by atoms with van der Waals surface area (Å²) in [4.78, 5) is 14.7. The number of esters is 1. The Labute approximate surface area is 115 Å². The third-order valence-electron chi connectivity index (χ3n) is 4.27. The standard InChI is InChI=1S/C16H23NO2/c1-3-16(9-11-17(2)12-10-16)15(18)19-13-14-7-5-4-6-8-14/h4-8H,3,9-13H2,1-2H3. The van der Waals surface area contributed by atoms with Crippen molar-refractivity contribution in [1.29, 1.82) is 0 Å². The average Bonchev–Trinajstić information content (AvgIpc) is 2.47. The summed E-state index contributed by atoms with van der Waals surface area (Å²) in [5.41, 5.74) is 0.788. The minimum absolute atomic E-state index is 0.0213. The molecule has 1 aliphatic heterocycles. The maximum absolute atomic E-state index is 12.4. The van der Waals surface area contributed by atoms with Gasteiger partial charge in [-0.3, -0.25) is 4.79 Å². The van der Waals surface area contributed by atoms with Gasteiger partial charge < -0.3 is 9.64 Å². The van der Waals surface area contributed by atoms with E-state index in [0.29, 0.717) is 6.61 Å². The van der Waals surface area contributed by atoms with E-state index in [1.807, 2.05) is 30.3 Å². The molecule has 1 heterocycles. The van der Waals surface area contributed by atoms with Crippen LogP contribution in [0.15, 0.2) is 30.3 Å². The topological polar surface area (TPSA) is 29.5 Å². The summed E-state index contributed by atoms with van der Waals surface area (Å²) in [6.45, 7) is 4.44. The number of hydrogen-bond donors (Lipinski definition) is 0. The van der Waals surface area contributed by atoms with Crippen molar-refractivity contribution in [2.24, 2.45) is 5.41 Å². The molecule has 1 saturated heterocycles. The highest BCUT2D eigenvalue weighted by molar-refractivity contribution is 5.77. The Morgan fingerprint density at radius 3 is 2.47 bits per heavy atom. The van der Waals surface area contributed by atoms with Crippen LogP contribution >= 0.6 is 0 Å². The molecule has 1 aliphatic rings. The van der Waals surface area contributed by atoms with Crippen molar-refractivity contribution in [2.45, 2.75) is 32.8 Å². The van der Waals surface area contributed by atoms with Gasteiger partial charge in [-0.05, 0) is 45.0 Å². The Kier molecular flexibility index (Phi) is 4.59. The summed E-state index contributed by atoms with van der Waals surface area (Å²) >= 11 is 0. The Balaban J connectivity index is 1.94. The molecule has 2 rings (SSSR count). The van der Waals surface area contributed by atoms with E-state index in [2.05, 4.69) is 18.9 Å². The molecule has 1 aromatic carbocycles. The summed E-state index contributed by atoms with van der Waals surface area (Å²) in [7, 11) is 2.11. The fourth-order valence-corrected chi connectivity index (χ4v) is 2.62. The highest BCUT2D eigenvalue weighted by atomic mass is 16.5. The number of carbonyl (C=O) groups is 1. The van der Waals surface area contributed by atoms with Crippen molar-refractivity contribution in [1.82, 2.24) is 4.90 Å². The van der Waals surface area contributed by atoms with Crippen molar-refractivity contribution >= 4 is 5.97 Å². The van der Waals surface area contributed by atoms with Crippen LogP contribution in [0.4, 0.5) is 0 Å². The zero-order chi connectivity index (χ0) is 13.7. The molecule has 0 aliphatic carbocycles. The molecule has 1 fully saturated rings. The van der Waals surface area contributed by atoms with E-state index in [0.717, 1.165) is 37.9 Å². The second kappa shape index (κ2) is 6.20. The normalized spacial score (nSPS) is 19.1. The molecule has 0 aromatic heterocycles. The lowest BCUT2D eigenvalue weighted by molar-refractivity contribution is -0.160. The molecule has 0 amide bonds. The first-order chi connectivity index (χ1) is 9.16. The van der Waals surface area contributed by atoms with E-state index in [-0.39, 0.29) is 11.4 Å². The minimum Gasteiger partial charge on any atom is -0.460 e. The molecule has 104 valence electrons. The van der Waals surface area contributed by atoms with Crippen LogP contribution in [0.2, 0.25) is 0 Å². The lowest BCUT2D eigenvalue weighted by Gasteiger charge is -2.37. The first kappa shape index (κ1) is 14.1. The highest BCUT2D eigenvalue weighted by Gasteiger charge is 2.40. The number of nitrogens with zero attached hydrogens (tertiary/aromatic N) is 1. The second-order valence-electron chi connectivity index (χ2n) is 5.50. The van der Waals surface area contributed by atoms with Gasteiger partial charge in [0, 0.05) is 0 Å². The van der Waals surface area contributed by atoms with Gasteiger partial charge in [0.05, 0.1) is 5.41 Å². The van der Waals surface area contributed by atoms with Crippen molar-refractivity contribution in [3.05, 3.63) is 35.9 Å². The Hall–Kier alpha value is -1.35. The van der Waals surface area contributed by atoms with Crippen molar-refractivity contribution < 1.29 is 9.53 Å². The van der Waals surface area contributed by atoms with Crippen LogP contribution in [0, 0.1) is 5.41 Å². The van der Waals surface area contributed by atoms with Gasteiger partial charge in [-0.1, -0.05) is 37.3 Å². The number of carbonyl (C=O) groups excluding carboxylic acids is 1. The van der Waals surface area contributed by atoms with Gasteiger partial charge >= 0.3 is 5.97 Å². The molecule has 19 heavy (non-hydrogen) atoms. The Morgan fingerprint density at radius 2 is 1.89 bits per heavy atom. The summed E-state index contributed by atoms with van der Waals surface area (Å²) < 4.78 is 5.54. The number of hydrogen-bond acceptors (Lipinski definition) is 3. The third-order valence-corrected chi connectivity index (χ3v) is 4.27. The summed E-state index contributed by atoms with van der Waals surface area (Å²) in [5, 5.41) is 0. The minimum atomic E-state index is -0.263. The van der Waals surface area contributed by atoms with Crippen LogP contribution in [0.1, 0.15) is 31.7 Å². The van der Waals surface area contributed by atoms with Gasteiger partial charge in [-0.15, -0.1) is 0 Å². The number of ether oxygens (including phenoxy) is 1. The summed E-state index contributed by atoms with van der Waals surface area (Å²) in [6.07, 6.45) is 2.69. The maximum Gasteiger partial charge on any atom is 0.312 e. The number of benzene rings is 1. The molecule has 0 saturated carbocycles. The Morgan fingerprint density at radius 1 is 1.26 bits per heavy atom. The zero-order valence-electron chi connectivity index (χ0n) is 11.9. The van der Waals surface area contributed by atoms with Crippen molar-refractivity contribution in [3.63, 3.8) is 0 Å². The molecule has 0 spiro atoms. The number of piperidine rings is 1. The quantitative estimate of drug-likeness (QED) is 0.781. The van der Waals surface area contributed by atoms with Crippen LogP contribution in [0.5, 0.6) is 0 Å². The number of rotatable bonds is 4. The van der Waals surface area contributed by atoms with Gasteiger partial charge in [0.1, 0.15) is 6.61 Å². The van der Waals surface area contributed by atoms with E-state index in [9.17, 15) is 4.79 Å². The highest BCUT2D eigenvalue weighted by Crippen LogP contribution is 2.36. The predicted molar refractivity (Wildman–Crippen MR) is 75.7 cm³/mol. The summed E-state index contributed by atoms with van der Waals surface area (Å²) in [5.74, 6) is -0.0213. The molecule has 0 radical (unpaired) electrons. The van der Waals surface area contributed by atoms with Gasteiger partial charge in [-0.25, -0.2) is 0 Å². The smallest absolute Gasteiger partial charge is 0.312 e. The molecule has 0 N–H and O–H groups in total. The first-order valence-electron chi connectivity index (χ1n) is 7.06.